The minimum Gasteiger partial charge on any atom is -0.399 e. The SMILES string of the molecule is Cc1ccc(C)c(NS(=O)(=O)c2cc(N)cc(F)c2)c1. The normalized spacial score (nSPS) is 11.3. The second-order valence-corrected chi connectivity index (χ2v) is 6.33. The highest BCUT2D eigenvalue weighted by atomic mass is 32.2. The Kier molecular flexibility index (Phi) is 3.67. The minimum atomic E-state index is -3.87. The number of sulfonamides is 1. The first-order chi connectivity index (χ1) is 9.28. The summed E-state index contributed by atoms with van der Waals surface area (Å²) in [5.74, 6) is -0.689. The summed E-state index contributed by atoms with van der Waals surface area (Å²) in [7, 11) is -3.87. The van der Waals surface area contributed by atoms with E-state index in [0.29, 0.717) is 5.69 Å². The summed E-state index contributed by atoms with van der Waals surface area (Å²) in [5.41, 5.74) is 7.70. The first-order valence-electron chi connectivity index (χ1n) is 5.94. The topological polar surface area (TPSA) is 72.2 Å². The number of anilines is 2. The van der Waals surface area contributed by atoms with Gasteiger partial charge in [0.15, 0.2) is 0 Å². The van der Waals surface area contributed by atoms with Crippen LogP contribution in [-0.4, -0.2) is 8.42 Å². The summed E-state index contributed by atoms with van der Waals surface area (Å²) in [4.78, 5) is -0.198. The van der Waals surface area contributed by atoms with Crippen molar-refractivity contribution >= 4 is 21.4 Å². The average Bonchev–Trinajstić information content (AvgIpc) is 2.32. The lowest BCUT2D eigenvalue weighted by Crippen LogP contribution is -2.14. The van der Waals surface area contributed by atoms with Crippen molar-refractivity contribution in [2.45, 2.75) is 18.7 Å². The van der Waals surface area contributed by atoms with Crippen molar-refractivity contribution in [1.29, 1.82) is 0 Å². The van der Waals surface area contributed by atoms with Crippen molar-refractivity contribution in [3.63, 3.8) is 0 Å². The van der Waals surface area contributed by atoms with Crippen LogP contribution in [0.3, 0.4) is 0 Å². The van der Waals surface area contributed by atoms with Crippen LogP contribution in [0.2, 0.25) is 0 Å². The Hall–Kier alpha value is -2.08. The molecule has 0 atom stereocenters. The maximum absolute atomic E-state index is 13.3. The molecule has 0 aliphatic rings. The van der Waals surface area contributed by atoms with Gasteiger partial charge >= 0.3 is 0 Å². The molecule has 0 saturated heterocycles. The van der Waals surface area contributed by atoms with Gasteiger partial charge in [0, 0.05) is 5.69 Å². The van der Waals surface area contributed by atoms with Crippen LogP contribution in [0.1, 0.15) is 11.1 Å². The van der Waals surface area contributed by atoms with Crippen molar-refractivity contribution in [2.75, 3.05) is 10.5 Å². The monoisotopic (exact) mass is 294 g/mol. The molecule has 0 bridgehead atoms. The van der Waals surface area contributed by atoms with Crippen molar-refractivity contribution in [1.82, 2.24) is 0 Å². The smallest absolute Gasteiger partial charge is 0.262 e. The first-order valence-corrected chi connectivity index (χ1v) is 7.42. The highest BCUT2D eigenvalue weighted by molar-refractivity contribution is 7.92. The van der Waals surface area contributed by atoms with Crippen molar-refractivity contribution in [3.8, 4) is 0 Å². The van der Waals surface area contributed by atoms with E-state index in [4.69, 9.17) is 5.73 Å². The van der Waals surface area contributed by atoms with E-state index in [-0.39, 0.29) is 10.6 Å². The van der Waals surface area contributed by atoms with E-state index in [1.807, 2.05) is 19.1 Å². The number of nitrogens with one attached hydrogen (secondary N) is 1. The van der Waals surface area contributed by atoms with Gasteiger partial charge in [-0.25, -0.2) is 12.8 Å². The molecule has 0 fully saturated rings. The number of hydrogen-bond acceptors (Lipinski definition) is 3. The highest BCUT2D eigenvalue weighted by Gasteiger charge is 2.17. The summed E-state index contributed by atoms with van der Waals surface area (Å²) >= 11 is 0. The molecule has 106 valence electrons. The average molecular weight is 294 g/mol. The maximum Gasteiger partial charge on any atom is 0.262 e. The fraction of sp³-hybridized carbons (Fsp3) is 0.143. The summed E-state index contributed by atoms with van der Waals surface area (Å²) in [6, 6.07) is 8.63. The van der Waals surface area contributed by atoms with Crippen molar-refractivity contribution < 1.29 is 12.8 Å². The molecule has 2 rings (SSSR count). The van der Waals surface area contributed by atoms with Crippen LogP contribution in [0.5, 0.6) is 0 Å². The number of nitrogen functional groups attached to an aromatic ring is 1. The summed E-state index contributed by atoms with van der Waals surface area (Å²) in [6.07, 6.45) is 0. The number of hydrogen-bond donors (Lipinski definition) is 2. The molecule has 0 spiro atoms. The van der Waals surface area contributed by atoms with Gasteiger partial charge in [0.1, 0.15) is 5.82 Å². The van der Waals surface area contributed by atoms with E-state index >= 15 is 0 Å². The van der Waals surface area contributed by atoms with Crippen molar-refractivity contribution in [3.05, 3.63) is 53.3 Å². The van der Waals surface area contributed by atoms with E-state index in [9.17, 15) is 12.8 Å². The minimum absolute atomic E-state index is 0.0614. The zero-order chi connectivity index (χ0) is 14.9. The molecule has 0 heterocycles. The summed E-state index contributed by atoms with van der Waals surface area (Å²) in [5, 5.41) is 0. The van der Waals surface area contributed by atoms with E-state index in [0.717, 1.165) is 23.3 Å². The molecule has 2 aromatic rings. The molecule has 0 amide bonds. The van der Waals surface area contributed by atoms with Gasteiger partial charge in [-0.2, -0.15) is 0 Å². The molecule has 2 aromatic carbocycles. The predicted molar refractivity (Wildman–Crippen MR) is 77.5 cm³/mol. The van der Waals surface area contributed by atoms with E-state index < -0.39 is 15.8 Å². The lowest BCUT2D eigenvalue weighted by atomic mass is 10.1. The van der Waals surface area contributed by atoms with Gasteiger partial charge in [-0.15, -0.1) is 0 Å². The van der Waals surface area contributed by atoms with Crippen LogP contribution in [0.15, 0.2) is 41.3 Å². The Bertz CT molecular complexity index is 738. The van der Waals surface area contributed by atoms with Crippen molar-refractivity contribution in [2.24, 2.45) is 0 Å². The van der Waals surface area contributed by atoms with Gasteiger partial charge in [-0.05, 0) is 49.2 Å². The molecular formula is C14H15FN2O2S. The zero-order valence-corrected chi connectivity index (χ0v) is 12.0. The Labute approximate surface area is 117 Å². The fourth-order valence-corrected chi connectivity index (χ4v) is 2.98. The number of benzene rings is 2. The van der Waals surface area contributed by atoms with Crippen LogP contribution in [0.4, 0.5) is 15.8 Å². The summed E-state index contributed by atoms with van der Waals surface area (Å²) in [6.45, 7) is 3.65. The third-order valence-electron chi connectivity index (χ3n) is 2.84. The standard InChI is InChI=1S/C14H15FN2O2S/c1-9-3-4-10(2)14(5-9)17-20(18,19)13-7-11(15)6-12(16)8-13/h3-8,17H,16H2,1-2H3. The van der Waals surface area contributed by atoms with Crippen LogP contribution in [0.25, 0.3) is 0 Å². The Morgan fingerprint density at radius 1 is 1.10 bits per heavy atom. The van der Waals surface area contributed by atoms with Crippen LogP contribution < -0.4 is 10.5 Å². The third kappa shape index (κ3) is 3.08. The van der Waals surface area contributed by atoms with Crippen LogP contribution in [0, 0.1) is 19.7 Å². The number of rotatable bonds is 3. The Balaban J connectivity index is 2.43. The Morgan fingerprint density at radius 3 is 2.45 bits per heavy atom. The van der Waals surface area contributed by atoms with E-state index in [1.165, 1.54) is 6.07 Å². The molecule has 0 unspecified atom stereocenters. The summed E-state index contributed by atoms with van der Waals surface area (Å²) < 4.78 is 40.2. The molecular weight excluding hydrogens is 279 g/mol. The molecule has 6 heteroatoms. The van der Waals surface area contributed by atoms with Gasteiger partial charge in [0.2, 0.25) is 0 Å². The molecule has 0 aliphatic carbocycles. The molecule has 3 N–H and O–H groups in total. The predicted octanol–water partition coefficient (Wildman–Crippen LogP) is 2.83. The number of aryl methyl sites for hydroxylation is 2. The lowest BCUT2D eigenvalue weighted by Gasteiger charge is -2.12. The van der Waals surface area contributed by atoms with E-state index in [1.54, 1.807) is 13.0 Å². The first kappa shape index (κ1) is 14.3. The Morgan fingerprint density at radius 2 is 1.80 bits per heavy atom. The van der Waals surface area contributed by atoms with Crippen LogP contribution >= 0.6 is 0 Å². The molecule has 4 nitrogen and oxygen atoms in total. The second-order valence-electron chi connectivity index (χ2n) is 4.64. The van der Waals surface area contributed by atoms with Gasteiger partial charge in [0.05, 0.1) is 10.6 Å². The zero-order valence-electron chi connectivity index (χ0n) is 11.1. The van der Waals surface area contributed by atoms with Gasteiger partial charge < -0.3 is 5.73 Å². The van der Waals surface area contributed by atoms with Gasteiger partial charge in [-0.1, -0.05) is 12.1 Å². The maximum atomic E-state index is 13.3. The van der Waals surface area contributed by atoms with Crippen LogP contribution in [-0.2, 0) is 10.0 Å². The molecule has 0 saturated carbocycles. The third-order valence-corrected chi connectivity index (χ3v) is 4.19. The van der Waals surface area contributed by atoms with E-state index in [2.05, 4.69) is 4.72 Å². The second kappa shape index (κ2) is 5.13. The molecule has 0 aromatic heterocycles. The largest absolute Gasteiger partial charge is 0.399 e. The number of halogens is 1. The fourth-order valence-electron chi connectivity index (χ4n) is 1.79. The molecule has 20 heavy (non-hydrogen) atoms. The quantitative estimate of drug-likeness (QED) is 0.855. The van der Waals surface area contributed by atoms with Gasteiger partial charge in [-0.3, -0.25) is 4.72 Å². The molecule has 0 aliphatic heterocycles. The lowest BCUT2D eigenvalue weighted by molar-refractivity contribution is 0.595. The highest BCUT2D eigenvalue weighted by Crippen LogP contribution is 2.22. The molecule has 0 radical (unpaired) electrons. The van der Waals surface area contributed by atoms with Gasteiger partial charge in [0.25, 0.3) is 10.0 Å². The number of nitrogens with two attached hydrogens (primary N) is 1.